The molecule has 0 unspecified atom stereocenters. The zero-order valence-electron chi connectivity index (χ0n) is 17.2. The molecular weight excluding hydrogens is 386 g/mol. The molecule has 2 aromatic rings. The highest BCUT2D eigenvalue weighted by Crippen LogP contribution is 2.28. The number of nitrogens with one attached hydrogen (secondary N) is 1. The summed E-state index contributed by atoms with van der Waals surface area (Å²) in [6.07, 6.45) is 4.71. The van der Waals surface area contributed by atoms with Gasteiger partial charge in [-0.05, 0) is 71.3 Å². The van der Waals surface area contributed by atoms with E-state index in [4.69, 9.17) is 4.74 Å². The summed E-state index contributed by atoms with van der Waals surface area (Å²) in [5.41, 5.74) is 2.01. The third-order valence-electron chi connectivity index (χ3n) is 5.01. The van der Waals surface area contributed by atoms with Gasteiger partial charge in [-0.25, -0.2) is 9.78 Å². The fraction of sp³-hybridized carbons (Fsp3) is 0.500. The van der Waals surface area contributed by atoms with Gasteiger partial charge in [0, 0.05) is 12.1 Å². The number of hydrogen-bond acceptors (Lipinski definition) is 6. The highest BCUT2D eigenvalue weighted by atomic mass is 32.1. The Bertz CT molecular complexity index is 844. The van der Waals surface area contributed by atoms with Gasteiger partial charge in [-0.3, -0.25) is 4.79 Å². The van der Waals surface area contributed by atoms with Gasteiger partial charge in [0.1, 0.15) is 9.88 Å². The Kier molecular flexibility index (Phi) is 7.77. The average molecular weight is 416 g/mol. The lowest BCUT2D eigenvalue weighted by molar-refractivity contribution is 0.0526. The number of aryl methyl sites for hydroxylation is 1. The van der Waals surface area contributed by atoms with Crippen molar-refractivity contribution in [3.63, 3.8) is 0 Å². The number of amides is 1. The van der Waals surface area contributed by atoms with Crippen molar-refractivity contribution in [2.45, 2.75) is 39.5 Å². The number of likely N-dealkylation sites (tertiary alicyclic amines) is 1. The first-order valence-electron chi connectivity index (χ1n) is 10.3. The summed E-state index contributed by atoms with van der Waals surface area (Å²) in [6.45, 7) is 8.19. The maximum absolute atomic E-state index is 12.6. The zero-order valence-corrected chi connectivity index (χ0v) is 18.0. The number of aromatic nitrogens is 1. The van der Waals surface area contributed by atoms with Crippen LogP contribution in [-0.2, 0) is 4.74 Å². The Balaban J connectivity index is 1.55. The zero-order chi connectivity index (χ0) is 20.6. The number of hydrogen-bond donors (Lipinski definition) is 1. The van der Waals surface area contributed by atoms with E-state index in [0.29, 0.717) is 29.3 Å². The monoisotopic (exact) mass is 415 g/mol. The lowest BCUT2D eigenvalue weighted by Gasteiger charge is -2.13. The second-order valence-electron chi connectivity index (χ2n) is 7.25. The standard InChI is InChI=1S/C22H29N3O3S/c1-3-28-22(27)18-10-8-9-17(15-18)21-24-16(2)19(29-21)20(26)23-11-4-5-12-25-13-6-7-14-25/h8-10,15H,3-7,11-14H2,1-2H3,(H,23,26). The number of esters is 1. The van der Waals surface area contributed by atoms with Crippen LogP contribution in [0.25, 0.3) is 10.6 Å². The summed E-state index contributed by atoms with van der Waals surface area (Å²) in [5, 5.41) is 3.74. The van der Waals surface area contributed by atoms with Crippen molar-refractivity contribution in [1.82, 2.24) is 15.2 Å². The Morgan fingerprint density at radius 2 is 2.03 bits per heavy atom. The summed E-state index contributed by atoms with van der Waals surface area (Å²) in [5.74, 6) is -0.427. The molecule has 1 aliphatic rings. The van der Waals surface area contributed by atoms with Crippen LogP contribution in [0.5, 0.6) is 0 Å². The second kappa shape index (κ2) is 10.5. The van der Waals surface area contributed by atoms with Crippen molar-refractivity contribution >= 4 is 23.2 Å². The van der Waals surface area contributed by atoms with E-state index in [9.17, 15) is 9.59 Å². The molecule has 0 saturated carbocycles. The Hall–Kier alpha value is -2.25. The predicted octanol–water partition coefficient (Wildman–Crippen LogP) is 3.90. The highest BCUT2D eigenvalue weighted by molar-refractivity contribution is 7.17. The molecular formula is C22H29N3O3S. The molecule has 156 valence electrons. The lowest BCUT2D eigenvalue weighted by Crippen LogP contribution is -2.26. The van der Waals surface area contributed by atoms with E-state index < -0.39 is 0 Å². The third-order valence-corrected chi connectivity index (χ3v) is 6.21. The fourth-order valence-corrected chi connectivity index (χ4v) is 4.45. The van der Waals surface area contributed by atoms with E-state index in [1.165, 1.54) is 37.3 Å². The van der Waals surface area contributed by atoms with Crippen LogP contribution >= 0.6 is 11.3 Å². The van der Waals surface area contributed by atoms with E-state index >= 15 is 0 Å². The minimum atomic E-state index is -0.352. The molecule has 0 spiro atoms. The Labute approximate surface area is 176 Å². The van der Waals surface area contributed by atoms with Gasteiger partial charge >= 0.3 is 5.97 Å². The van der Waals surface area contributed by atoms with Gasteiger partial charge in [0.25, 0.3) is 5.91 Å². The normalized spacial score (nSPS) is 14.1. The molecule has 0 aliphatic carbocycles. The largest absolute Gasteiger partial charge is 0.462 e. The first kappa shape index (κ1) is 21.5. The van der Waals surface area contributed by atoms with Crippen LogP contribution in [0.1, 0.15) is 58.3 Å². The molecule has 1 aliphatic heterocycles. The SMILES string of the molecule is CCOC(=O)c1cccc(-c2nc(C)c(C(=O)NCCCCN3CCCC3)s2)c1. The van der Waals surface area contributed by atoms with Crippen LogP contribution in [0.15, 0.2) is 24.3 Å². The molecule has 1 N–H and O–H groups in total. The number of ether oxygens (including phenoxy) is 1. The first-order chi connectivity index (χ1) is 14.1. The summed E-state index contributed by atoms with van der Waals surface area (Å²) >= 11 is 1.36. The van der Waals surface area contributed by atoms with Gasteiger partial charge in [0.15, 0.2) is 0 Å². The van der Waals surface area contributed by atoms with Gasteiger partial charge in [-0.15, -0.1) is 11.3 Å². The van der Waals surface area contributed by atoms with Crippen molar-refractivity contribution in [1.29, 1.82) is 0 Å². The Morgan fingerprint density at radius 1 is 1.24 bits per heavy atom. The van der Waals surface area contributed by atoms with Crippen LogP contribution in [0.2, 0.25) is 0 Å². The smallest absolute Gasteiger partial charge is 0.338 e. The van der Waals surface area contributed by atoms with Gasteiger partial charge in [-0.2, -0.15) is 0 Å². The molecule has 7 heteroatoms. The number of nitrogens with zero attached hydrogens (tertiary/aromatic N) is 2. The number of rotatable bonds is 9. The molecule has 6 nitrogen and oxygen atoms in total. The number of unbranched alkanes of at least 4 members (excludes halogenated alkanes) is 1. The first-order valence-corrected chi connectivity index (χ1v) is 11.2. The second-order valence-corrected chi connectivity index (χ2v) is 8.25. The summed E-state index contributed by atoms with van der Waals surface area (Å²) < 4.78 is 5.06. The summed E-state index contributed by atoms with van der Waals surface area (Å²) in [4.78, 5) is 32.2. The molecule has 3 rings (SSSR count). The van der Waals surface area contributed by atoms with E-state index in [1.807, 2.05) is 13.0 Å². The maximum Gasteiger partial charge on any atom is 0.338 e. The minimum absolute atomic E-state index is 0.0750. The van der Waals surface area contributed by atoms with Crippen molar-refractivity contribution < 1.29 is 14.3 Å². The quantitative estimate of drug-likeness (QED) is 0.497. The van der Waals surface area contributed by atoms with E-state index in [1.54, 1.807) is 25.1 Å². The highest BCUT2D eigenvalue weighted by Gasteiger charge is 2.17. The van der Waals surface area contributed by atoms with E-state index in [-0.39, 0.29) is 11.9 Å². The molecule has 1 aromatic heterocycles. The van der Waals surface area contributed by atoms with Crippen LogP contribution in [0.4, 0.5) is 0 Å². The molecule has 29 heavy (non-hydrogen) atoms. The summed E-state index contributed by atoms with van der Waals surface area (Å²) in [7, 11) is 0. The molecule has 2 heterocycles. The van der Waals surface area contributed by atoms with Gasteiger partial charge in [-0.1, -0.05) is 12.1 Å². The lowest BCUT2D eigenvalue weighted by atomic mass is 10.1. The number of thiazole rings is 1. The molecule has 0 bridgehead atoms. The van der Waals surface area contributed by atoms with Crippen LogP contribution < -0.4 is 5.32 Å². The number of carbonyl (C=O) groups is 2. The van der Waals surface area contributed by atoms with E-state index in [0.717, 1.165) is 30.0 Å². The third kappa shape index (κ3) is 5.87. The predicted molar refractivity (Wildman–Crippen MR) is 115 cm³/mol. The topological polar surface area (TPSA) is 71.5 Å². The number of benzene rings is 1. The van der Waals surface area contributed by atoms with Crippen molar-refractivity contribution in [2.24, 2.45) is 0 Å². The van der Waals surface area contributed by atoms with Crippen molar-refractivity contribution in [2.75, 3.05) is 32.8 Å². The fourth-order valence-electron chi connectivity index (χ4n) is 3.47. The molecule has 1 fully saturated rings. The van der Waals surface area contributed by atoms with Crippen LogP contribution in [-0.4, -0.2) is 54.5 Å². The minimum Gasteiger partial charge on any atom is -0.462 e. The van der Waals surface area contributed by atoms with E-state index in [2.05, 4.69) is 15.2 Å². The maximum atomic E-state index is 12.6. The van der Waals surface area contributed by atoms with Gasteiger partial charge in [0.05, 0.1) is 17.9 Å². The van der Waals surface area contributed by atoms with Gasteiger partial charge < -0.3 is 15.0 Å². The van der Waals surface area contributed by atoms with Crippen molar-refractivity contribution in [3.05, 3.63) is 40.4 Å². The average Bonchev–Trinajstić information content (AvgIpc) is 3.37. The van der Waals surface area contributed by atoms with Crippen LogP contribution in [0.3, 0.4) is 0 Å². The molecule has 0 radical (unpaired) electrons. The van der Waals surface area contributed by atoms with Gasteiger partial charge in [0.2, 0.25) is 0 Å². The summed E-state index contributed by atoms with van der Waals surface area (Å²) in [6, 6.07) is 7.17. The Morgan fingerprint density at radius 3 is 2.79 bits per heavy atom. The molecule has 1 saturated heterocycles. The molecule has 1 aromatic carbocycles. The number of carbonyl (C=O) groups excluding carboxylic acids is 2. The molecule has 1 amide bonds. The van der Waals surface area contributed by atoms with Crippen molar-refractivity contribution in [3.8, 4) is 10.6 Å². The molecule has 0 atom stereocenters. The van der Waals surface area contributed by atoms with Crippen LogP contribution in [0, 0.1) is 6.92 Å².